The quantitative estimate of drug-likeness (QED) is 0.510. The molecule has 0 aliphatic carbocycles. The second-order valence-electron chi connectivity index (χ2n) is 4.30. The van der Waals surface area contributed by atoms with Gasteiger partial charge < -0.3 is 10.1 Å². The lowest BCUT2D eigenvalue weighted by Gasteiger charge is -2.06. The number of pyridine rings is 1. The number of hydrogen-bond acceptors (Lipinski definition) is 7. The fourth-order valence-corrected chi connectivity index (χ4v) is 1.47. The molecule has 0 radical (unpaired) electrons. The molecule has 2 aromatic heterocycles. The average molecular weight is 319 g/mol. The first-order valence-electron chi connectivity index (χ1n) is 6.13. The highest BCUT2D eigenvalue weighted by Crippen LogP contribution is 2.28. The van der Waals surface area contributed by atoms with E-state index in [1.807, 2.05) is 0 Å². The first-order valence-corrected chi connectivity index (χ1v) is 6.13. The summed E-state index contributed by atoms with van der Waals surface area (Å²) in [5, 5.41) is 13.1. The largest absolute Gasteiger partial charge is 0.413 e. The van der Waals surface area contributed by atoms with Crippen LogP contribution in [0.25, 0.3) is 0 Å². The molecule has 0 atom stereocenters. The molecular formula is C13H10FN5O4. The SMILES string of the molecule is C=C(F)C(=O)Nc1cnc(Oc2ncc(C)cc2[N+](=O)[O-])cn1. The van der Waals surface area contributed by atoms with Crippen LogP contribution in [-0.2, 0) is 4.79 Å². The Bertz CT molecular complexity index is 778. The second-order valence-corrected chi connectivity index (χ2v) is 4.30. The van der Waals surface area contributed by atoms with Gasteiger partial charge in [0, 0.05) is 12.3 Å². The van der Waals surface area contributed by atoms with Crippen LogP contribution in [0.3, 0.4) is 0 Å². The van der Waals surface area contributed by atoms with Gasteiger partial charge in [-0.3, -0.25) is 14.9 Å². The lowest BCUT2D eigenvalue weighted by Crippen LogP contribution is -2.12. The molecule has 9 nitrogen and oxygen atoms in total. The Morgan fingerprint density at radius 3 is 2.65 bits per heavy atom. The molecule has 0 spiro atoms. The predicted octanol–water partition coefficient (Wildman–Crippen LogP) is 2.30. The van der Waals surface area contributed by atoms with Crippen LogP contribution in [0.4, 0.5) is 15.9 Å². The summed E-state index contributed by atoms with van der Waals surface area (Å²) >= 11 is 0. The van der Waals surface area contributed by atoms with Gasteiger partial charge in [0.05, 0.1) is 17.3 Å². The minimum atomic E-state index is -1.17. The minimum Gasteiger partial charge on any atom is -0.413 e. The topological polar surface area (TPSA) is 120 Å². The molecule has 2 aromatic rings. The number of hydrogen-bond donors (Lipinski definition) is 1. The van der Waals surface area contributed by atoms with Crippen LogP contribution in [0.1, 0.15) is 5.56 Å². The summed E-state index contributed by atoms with van der Waals surface area (Å²) < 4.78 is 17.8. The smallest absolute Gasteiger partial charge is 0.331 e. The van der Waals surface area contributed by atoms with Crippen molar-refractivity contribution in [2.75, 3.05) is 5.32 Å². The maximum Gasteiger partial charge on any atom is 0.331 e. The van der Waals surface area contributed by atoms with Gasteiger partial charge in [0.1, 0.15) is 0 Å². The molecule has 0 bridgehead atoms. The van der Waals surface area contributed by atoms with Crippen molar-refractivity contribution in [2.45, 2.75) is 6.92 Å². The molecule has 0 aromatic carbocycles. The van der Waals surface area contributed by atoms with Crippen LogP contribution < -0.4 is 10.1 Å². The van der Waals surface area contributed by atoms with Gasteiger partial charge in [0.25, 0.3) is 5.91 Å². The molecule has 0 aliphatic heterocycles. The third kappa shape index (κ3) is 4.03. The Kier molecular flexibility index (Phi) is 4.55. The van der Waals surface area contributed by atoms with E-state index in [4.69, 9.17) is 4.74 Å². The number of ether oxygens (including phenoxy) is 1. The summed E-state index contributed by atoms with van der Waals surface area (Å²) in [6, 6.07) is 1.30. The number of nitro groups is 1. The van der Waals surface area contributed by atoms with Crippen molar-refractivity contribution in [3.8, 4) is 11.8 Å². The van der Waals surface area contributed by atoms with Crippen LogP contribution in [-0.4, -0.2) is 25.8 Å². The Morgan fingerprint density at radius 2 is 2.09 bits per heavy atom. The molecule has 0 fully saturated rings. The minimum absolute atomic E-state index is 0.0347. The van der Waals surface area contributed by atoms with Crippen molar-refractivity contribution in [1.29, 1.82) is 0 Å². The van der Waals surface area contributed by atoms with E-state index in [2.05, 4.69) is 26.8 Å². The first-order chi connectivity index (χ1) is 10.9. The van der Waals surface area contributed by atoms with Gasteiger partial charge in [-0.15, -0.1) is 0 Å². The lowest BCUT2D eigenvalue weighted by atomic mass is 10.3. The highest BCUT2D eigenvalue weighted by Gasteiger charge is 2.18. The molecule has 0 unspecified atom stereocenters. The van der Waals surface area contributed by atoms with E-state index in [0.29, 0.717) is 5.56 Å². The fraction of sp³-hybridized carbons (Fsp3) is 0.0769. The fourth-order valence-electron chi connectivity index (χ4n) is 1.47. The van der Waals surface area contributed by atoms with Gasteiger partial charge >= 0.3 is 11.6 Å². The van der Waals surface area contributed by atoms with Gasteiger partial charge in [0.2, 0.25) is 5.88 Å². The van der Waals surface area contributed by atoms with Gasteiger partial charge in [-0.05, 0) is 12.5 Å². The highest BCUT2D eigenvalue weighted by atomic mass is 19.1. The van der Waals surface area contributed by atoms with E-state index in [9.17, 15) is 19.3 Å². The van der Waals surface area contributed by atoms with Crippen molar-refractivity contribution in [3.05, 3.63) is 52.7 Å². The van der Waals surface area contributed by atoms with Crippen molar-refractivity contribution >= 4 is 17.4 Å². The third-order valence-electron chi connectivity index (χ3n) is 2.48. The summed E-state index contributed by atoms with van der Waals surface area (Å²) in [5.41, 5.74) is 0.276. The van der Waals surface area contributed by atoms with Crippen LogP contribution in [0.2, 0.25) is 0 Å². The molecule has 118 valence electrons. The first kappa shape index (κ1) is 15.9. The molecular weight excluding hydrogens is 309 g/mol. The maximum absolute atomic E-state index is 12.5. The van der Waals surface area contributed by atoms with E-state index in [-0.39, 0.29) is 23.3 Å². The van der Waals surface area contributed by atoms with E-state index in [1.165, 1.54) is 12.3 Å². The number of carbonyl (C=O) groups excluding carboxylic acids is 1. The number of aromatic nitrogens is 3. The van der Waals surface area contributed by atoms with Gasteiger partial charge in [-0.1, -0.05) is 6.58 Å². The van der Waals surface area contributed by atoms with Crippen LogP contribution >= 0.6 is 0 Å². The van der Waals surface area contributed by atoms with Crippen molar-refractivity contribution in [2.24, 2.45) is 0 Å². The summed E-state index contributed by atoms with van der Waals surface area (Å²) in [5.74, 6) is -2.59. The summed E-state index contributed by atoms with van der Waals surface area (Å²) in [6.45, 7) is 4.49. The van der Waals surface area contributed by atoms with Gasteiger partial charge in [0.15, 0.2) is 11.6 Å². The molecule has 1 N–H and O–H groups in total. The lowest BCUT2D eigenvalue weighted by molar-refractivity contribution is -0.386. The summed E-state index contributed by atoms with van der Waals surface area (Å²) in [4.78, 5) is 32.8. The number of anilines is 1. The zero-order valence-corrected chi connectivity index (χ0v) is 11.8. The second kappa shape index (κ2) is 6.56. The van der Waals surface area contributed by atoms with Gasteiger partial charge in [-0.25, -0.2) is 19.3 Å². The average Bonchev–Trinajstić information content (AvgIpc) is 2.50. The molecule has 23 heavy (non-hydrogen) atoms. The summed E-state index contributed by atoms with van der Waals surface area (Å²) in [6.07, 6.45) is 3.59. The van der Waals surface area contributed by atoms with E-state index < -0.39 is 16.7 Å². The number of nitrogens with zero attached hydrogens (tertiary/aromatic N) is 4. The number of halogens is 1. The highest BCUT2D eigenvalue weighted by molar-refractivity contribution is 6.00. The van der Waals surface area contributed by atoms with Crippen LogP contribution in [0, 0.1) is 17.0 Å². The Hall–Kier alpha value is -3.43. The van der Waals surface area contributed by atoms with Gasteiger partial charge in [-0.2, -0.15) is 0 Å². The number of amides is 1. The molecule has 10 heteroatoms. The van der Waals surface area contributed by atoms with Crippen molar-refractivity contribution in [1.82, 2.24) is 15.0 Å². The maximum atomic E-state index is 12.5. The Labute approximate surface area is 129 Å². The molecule has 0 saturated heterocycles. The molecule has 0 saturated carbocycles. The molecule has 2 heterocycles. The Balaban J connectivity index is 2.17. The number of rotatable bonds is 5. The summed E-state index contributed by atoms with van der Waals surface area (Å²) in [7, 11) is 0. The predicted molar refractivity (Wildman–Crippen MR) is 76.6 cm³/mol. The van der Waals surface area contributed by atoms with E-state index in [0.717, 1.165) is 12.4 Å². The number of aryl methyl sites for hydroxylation is 1. The monoisotopic (exact) mass is 319 g/mol. The zero-order chi connectivity index (χ0) is 17.0. The van der Waals surface area contributed by atoms with E-state index in [1.54, 1.807) is 6.92 Å². The molecule has 2 rings (SSSR count). The normalized spacial score (nSPS) is 10.0. The third-order valence-corrected chi connectivity index (χ3v) is 2.48. The number of carbonyl (C=O) groups is 1. The van der Waals surface area contributed by atoms with Crippen molar-refractivity contribution in [3.63, 3.8) is 0 Å². The molecule has 1 amide bonds. The van der Waals surface area contributed by atoms with Crippen LogP contribution in [0.15, 0.2) is 37.1 Å². The number of nitrogens with one attached hydrogen (secondary N) is 1. The van der Waals surface area contributed by atoms with Crippen molar-refractivity contribution < 1.29 is 18.8 Å². The van der Waals surface area contributed by atoms with Crippen LogP contribution in [0.5, 0.6) is 11.8 Å². The zero-order valence-electron chi connectivity index (χ0n) is 11.8. The molecule has 0 aliphatic rings. The Morgan fingerprint density at radius 1 is 1.35 bits per heavy atom. The van der Waals surface area contributed by atoms with E-state index >= 15 is 0 Å². The standard InChI is InChI=1S/C13H10FN5O4/c1-7-3-9(19(21)22)13(17-4-7)23-11-6-15-10(5-16-11)18-12(20)8(2)14/h3-6H,2H2,1H3,(H,15,18,20).